The Balaban J connectivity index is 1.74. The van der Waals surface area contributed by atoms with E-state index in [0.717, 1.165) is 27.7 Å². The van der Waals surface area contributed by atoms with Gasteiger partial charge < -0.3 is 9.64 Å². The number of hydrogen-bond donors (Lipinski definition) is 0. The minimum Gasteiger partial charge on any atom is -0.481 e. The normalized spacial score (nSPS) is 15.4. The van der Waals surface area contributed by atoms with Gasteiger partial charge in [0.05, 0.1) is 12.1 Å². The molecule has 1 aromatic heterocycles. The molecule has 0 bridgehead atoms. The lowest BCUT2D eigenvalue weighted by Crippen LogP contribution is -2.39. The molecule has 0 aliphatic carbocycles. The molecule has 0 unspecified atom stereocenters. The van der Waals surface area contributed by atoms with E-state index in [4.69, 9.17) is 4.74 Å². The quantitative estimate of drug-likeness (QED) is 0.635. The molecule has 5 nitrogen and oxygen atoms in total. The second kappa shape index (κ2) is 7.75. The Labute approximate surface area is 176 Å². The summed E-state index contributed by atoms with van der Waals surface area (Å²) in [6, 6.07) is 17.6. The van der Waals surface area contributed by atoms with Crippen molar-refractivity contribution in [1.82, 2.24) is 4.98 Å². The van der Waals surface area contributed by atoms with Crippen LogP contribution in [0.1, 0.15) is 31.4 Å². The molecule has 1 aliphatic rings. The molecule has 0 atom stereocenters. The van der Waals surface area contributed by atoms with Gasteiger partial charge in [-0.2, -0.15) is 0 Å². The Bertz CT molecular complexity index is 1160. The van der Waals surface area contributed by atoms with Gasteiger partial charge in [-0.25, -0.2) is 0 Å². The number of aromatic nitrogens is 1. The van der Waals surface area contributed by atoms with Crippen LogP contribution in [-0.4, -0.2) is 22.3 Å². The number of carbonyl (C=O) groups excluding carboxylic acids is 2. The van der Waals surface area contributed by atoms with Crippen molar-refractivity contribution in [3.63, 3.8) is 0 Å². The zero-order valence-corrected chi connectivity index (χ0v) is 17.4. The fraction of sp³-hybridized carbons (Fsp3) is 0.240. The number of ketones is 1. The van der Waals surface area contributed by atoms with E-state index in [9.17, 15) is 9.59 Å². The van der Waals surface area contributed by atoms with Crippen molar-refractivity contribution in [2.75, 3.05) is 4.90 Å². The van der Waals surface area contributed by atoms with E-state index in [0.29, 0.717) is 6.54 Å². The maximum absolute atomic E-state index is 13.5. The van der Waals surface area contributed by atoms with Gasteiger partial charge in [-0.05, 0) is 50.1 Å². The van der Waals surface area contributed by atoms with Crippen LogP contribution in [0, 0.1) is 6.92 Å². The lowest BCUT2D eigenvalue weighted by Gasteiger charge is -2.33. The van der Waals surface area contributed by atoms with Gasteiger partial charge in [0, 0.05) is 29.8 Å². The zero-order valence-electron chi connectivity index (χ0n) is 17.4. The van der Waals surface area contributed by atoms with Crippen molar-refractivity contribution in [2.24, 2.45) is 0 Å². The Morgan fingerprint density at radius 2 is 1.87 bits per heavy atom. The Morgan fingerprint density at radius 1 is 1.13 bits per heavy atom. The number of pyridine rings is 1. The van der Waals surface area contributed by atoms with Crippen molar-refractivity contribution in [2.45, 2.75) is 39.3 Å². The highest BCUT2D eigenvalue weighted by atomic mass is 16.5. The lowest BCUT2D eigenvalue weighted by molar-refractivity contribution is -0.129. The summed E-state index contributed by atoms with van der Waals surface area (Å²) in [6.07, 6.45) is 3.35. The van der Waals surface area contributed by atoms with E-state index in [1.54, 1.807) is 11.1 Å². The van der Waals surface area contributed by atoms with Crippen molar-refractivity contribution in [3.8, 4) is 0 Å². The highest BCUT2D eigenvalue weighted by Crippen LogP contribution is 2.29. The van der Waals surface area contributed by atoms with Gasteiger partial charge in [-0.1, -0.05) is 36.4 Å². The third kappa shape index (κ3) is 4.10. The molecule has 4 rings (SSSR count). The third-order valence-corrected chi connectivity index (χ3v) is 5.13. The summed E-state index contributed by atoms with van der Waals surface area (Å²) in [4.78, 5) is 31.9. The van der Waals surface area contributed by atoms with Crippen LogP contribution in [0.15, 0.2) is 72.6 Å². The molecule has 152 valence electrons. The van der Waals surface area contributed by atoms with Crippen molar-refractivity contribution < 1.29 is 14.3 Å². The van der Waals surface area contributed by atoms with E-state index in [-0.39, 0.29) is 23.9 Å². The van der Waals surface area contributed by atoms with Crippen LogP contribution in [0.5, 0.6) is 0 Å². The number of para-hydroxylation sites is 2. The summed E-state index contributed by atoms with van der Waals surface area (Å²) >= 11 is 0. The molecule has 2 aromatic carbocycles. The van der Waals surface area contributed by atoms with Crippen molar-refractivity contribution >= 4 is 28.3 Å². The molecular weight excluding hydrogens is 376 g/mol. The molecule has 1 amide bonds. The minimum absolute atomic E-state index is 0.0771. The van der Waals surface area contributed by atoms with Gasteiger partial charge in [0.2, 0.25) is 0 Å². The molecule has 0 saturated heterocycles. The van der Waals surface area contributed by atoms with Crippen molar-refractivity contribution in [3.05, 3.63) is 83.8 Å². The van der Waals surface area contributed by atoms with E-state index < -0.39 is 5.60 Å². The number of anilines is 1. The predicted molar refractivity (Wildman–Crippen MR) is 117 cm³/mol. The van der Waals surface area contributed by atoms with Gasteiger partial charge in [0.15, 0.2) is 11.5 Å². The Morgan fingerprint density at radius 3 is 2.63 bits per heavy atom. The van der Waals surface area contributed by atoms with Crippen molar-refractivity contribution in [1.29, 1.82) is 0 Å². The minimum atomic E-state index is -0.710. The van der Waals surface area contributed by atoms with Crippen LogP contribution in [0.3, 0.4) is 0 Å². The summed E-state index contributed by atoms with van der Waals surface area (Å²) in [5, 5.41) is 1.01. The highest BCUT2D eigenvalue weighted by Gasteiger charge is 2.34. The molecule has 30 heavy (non-hydrogen) atoms. The third-order valence-electron chi connectivity index (χ3n) is 5.13. The molecule has 0 spiro atoms. The van der Waals surface area contributed by atoms with Crippen LogP contribution in [-0.2, 0) is 20.9 Å². The van der Waals surface area contributed by atoms with Crippen LogP contribution >= 0.6 is 0 Å². The number of nitrogens with zero attached hydrogens (tertiary/aromatic N) is 2. The smallest absolute Gasteiger partial charge is 0.293 e. The molecule has 2 heterocycles. The monoisotopic (exact) mass is 400 g/mol. The number of benzene rings is 2. The van der Waals surface area contributed by atoms with Gasteiger partial charge in [0.1, 0.15) is 5.60 Å². The Hall–Kier alpha value is -3.47. The predicted octanol–water partition coefficient (Wildman–Crippen LogP) is 4.73. The Kier molecular flexibility index (Phi) is 5.12. The number of allylic oxidation sites excluding steroid dienone is 1. The largest absolute Gasteiger partial charge is 0.481 e. The maximum Gasteiger partial charge on any atom is 0.293 e. The second-order valence-corrected chi connectivity index (χ2v) is 8.23. The number of amides is 1. The summed E-state index contributed by atoms with van der Waals surface area (Å²) in [6.45, 7) is 5.91. The maximum atomic E-state index is 13.5. The molecule has 0 fully saturated rings. The highest BCUT2D eigenvalue weighted by molar-refractivity contribution is 6.09. The van der Waals surface area contributed by atoms with E-state index in [1.807, 2.05) is 75.4 Å². The SMILES string of the molecule is Cc1ccccc1N(Cc1cnc2ccccc2c1)C(=O)C1=CC(=O)CC(C)(C)O1. The molecule has 0 saturated carbocycles. The van der Waals surface area contributed by atoms with E-state index in [2.05, 4.69) is 4.98 Å². The van der Waals surface area contributed by atoms with Crippen LogP contribution in [0.4, 0.5) is 5.69 Å². The zero-order chi connectivity index (χ0) is 21.3. The van der Waals surface area contributed by atoms with Gasteiger partial charge in [0.25, 0.3) is 5.91 Å². The summed E-state index contributed by atoms with van der Waals surface area (Å²) in [5.74, 6) is -0.362. The molecule has 5 heteroatoms. The number of fused-ring (bicyclic) bond motifs is 1. The average Bonchev–Trinajstić information content (AvgIpc) is 2.70. The summed E-state index contributed by atoms with van der Waals surface area (Å²) < 4.78 is 5.89. The molecule has 0 radical (unpaired) electrons. The average molecular weight is 400 g/mol. The topological polar surface area (TPSA) is 59.5 Å². The first-order valence-electron chi connectivity index (χ1n) is 9.97. The van der Waals surface area contributed by atoms with Gasteiger partial charge in [-0.3, -0.25) is 14.6 Å². The first-order chi connectivity index (χ1) is 14.3. The van der Waals surface area contributed by atoms with E-state index >= 15 is 0 Å². The second-order valence-electron chi connectivity index (χ2n) is 8.23. The number of rotatable bonds is 4. The van der Waals surface area contributed by atoms with E-state index in [1.165, 1.54) is 6.08 Å². The summed E-state index contributed by atoms with van der Waals surface area (Å²) in [7, 11) is 0. The standard InChI is InChI=1S/C25H24N2O3/c1-17-8-4-7-11-22(17)27(24(29)23-13-20(28)14-25(2,3)30-23)16-18-12-19-9-5-6-10-21(19)26-15-18/h4-13,15H,14,16H2,1-3H3. The van der Waals surface area contributed by atoms with Crippen LogP contribution in [0.25, 0.3) is 10.9 Å². The number of aryl methyl sites for hydroxylation is 1. The molecular formula is C25H24N2O3. The molecule has 0 N–H and O–H groups in total. The fourth-order valence-corrected chi connectivity index (χ4v) is 3.74. The fourth-order valence-electron chi connectivity index (χ4n) is 3.74. The van der Waals surface area contributed by atoms with Crippen LogP contribution < -0.4 is 4.90 Å². The molecule has 3 aromatic rings. The number of carbonyl (C=O) groups is 2. The first kappa shape index (κ1) is 19.8. The number of hydrogen-bond acceptors (Lipinski definition) is 4. The van der Waals surface area contributed by atoms with Crippen LogP contribution in [0.2, 0.25) is 0 Å². The number of ether oxygens (including phenoxy) is 1. The van der Waals surface area contributed by atoms with Gasteiger partial charge >= 0.3 is 0 Å². The lowest BCUT2D eigenvalue weighted by atomic mass is 9.98. The van der Waals surface area contributed by atoms with Gasteiger partial charge in [-0.15, -0.1) is 0 Å². The summed E-state index contributed by atoms with van der Waals surface area (Å²) in [5.41, 5.74) is 2.82. The molecule has 1 aliphatic heterocycles. The first-order valence-corrected chi connectivity index (χ1v) is 9.97.